The molecule has 3 aromatic heterocycles. The molecule has 10 heteroatoms. The van der Waals surface area contributed by atoms with E-state index < -0.39 is 17.0 Å². The number of esters is 1. The maximum Gasteiger partial charge on any atom is 0.359 e. The van der Waals surface area contributed by atoms with Gasteiger partial charge in [-0.05, 0) is 38.1 Å². The van der Waals surface area contributed by atoms with E-state index >= 15 is 0 Å². The third-order valence-corrected chi connectivity index (χ3v) is 4.30. The molecule has 0 N–H and O–H groups in total. The van der Waals surface area contributed by atoms with Crippen LogP contribution in [-0.4, -0.2) is 30.5 Å². The molecule has 0 unspecified atom stereocenters. The fourth-order valence-electron chi connectivity index (χ4n) is 2.76. The van der Waals surface area contributed by atoms with Crippen molar-refractivity contribution < 1.29 is 18.9 Å². The van der Waals surface area contributed by atoms with Gasteiger partial charge in [0.05, 0.1) is 4.92 Å². The van der Waals surface area contributed by atoms with Gasteiger partial charge in [0, 0.05) is 29.6 Å². The molecule has 0 saturated heterocycles. The van der Waals surface area contributed by atoms with Crippen LogP contribution in [0.25, 0.3) is 17.1 Å². The van der Waals surface area contributed by atoms with Crippen molar-refractivity contribution in [3.63, 3.8) is 0 Å². The maximum atomic E-state index is 12.4. The first-order valence-electron chi connectivity index (χ1n) is 8.66. The number of aryl methyl sites for hydroxylation is 1. The van der Waals surface area contributed by atoms with Gasteiger partial charge in [0.15, 0.2) is 11.8 Å². The molecule has 1 atom stereocenters. The normalized spacial score (nSPS) is 12.1. The monoisotopic (exact) mass is 393 g/mol. The maximum absolute atomic E-state index is 12.4. The van der Waals surface area contributed by atoms with Gasteiger partial charge >= 0.3 is 5.97 Å². The number of carbonyl (C=O) groups is 1. The number of imidazole rings is 1. The largest absolute Gasteiger partial charge is 0.448 e. The van der Waals surface area contributed by atoms with E-state index in [1.54, 1.807) is 23.6 Å². The summed E-state index contributed by atoms with van der Waals surface area (Å²) in [4.78, 5) is 26.9. The lowest BCUT2D eigenvalue weighted by Gasteiger charge is -2.07. The molecule has 0 amide bonds. The van der Waals surface area contributed by atoms with Gasteiger partial charge in [-0.15, -0.1) is 10.2 Å². The fourth-order valence-corrected chi connectivity index (χ4v) is 2.76. The zero-order valence-electron chi connectivity index (χ0n) is 15.5. The molecule has 0 aliphatic rings. The van der Waals surface area contributed by atoms with E-state index in [-0.39, 0.29) is 23.2 Å². The molecule has 0 aliphatic carbocycles. The number of benzene rings is 1. The highest BCUT2D eigenvalue weighted by atomic mass is 16.6. The quantitative estimate of drug-likeness (QED) is 0.286. The number of nitro benzene ring substituents is 1. The lowest BCUT2D eigenvalue weighted by Crippen LogP contribution is -2.10. The van der Waals surface area contributed by atoms with Gasteiger partial charge in [0.2, 0.25) is 5.89 Å². The van der Waals surface area contributed by atoms with Crippen LogP contribution in [-0.2, 0) is 4.74 Å². The summed E-state index contributed by atoms with van der Waals surface area (Å²) in [5.41, 5.74) is 2.22. The molecule has 146 valence electrons. The molecule has 1 aromatic carbocycles. The highest BCUT2D eigenvalue weighted by molar-refractivity contribution is 5.88. The second kappa shape index (κ2) is 7.15. The van der Waals surface area contributed by atoms with E-state index in [0.29, 0.717) is 11.2 Å². The predicted molar refractivity (Wildman–Crippen MR) is 100 cm³/mol. The Bertz CT molecular complexity index is 1210. The molecule has 4 rings (SSSR count). The Morgan fingerprint density at radius 2 is 1.97 bits per heavy atom. The molecule has 3 heterocycles. The van der Waals surface area contributed by atoms with Crippen LogP contribution in [0, 0.1) is 17.0 Å². The molecule has 0 radical (unpaired) electrons. The van der Waals surface area contributed by atoms with Gasteiger partial charge in [-0.3, -0.25) is 10.1 Å². The second-order valence-electron chi connectivity index (χ2n) is 6.32. The zero-order chi connectivity index (χ0) is 20.5. The van der Waals surface area contributed by atoms with E-state index in [4.69, 9.17) is 9.15 Å². The molecule has 0 spiro atoms. The molecule has 0 bridgehead atoms. The number of hydrogen-bond acceptors (Lipinski definition) is 8. The van der Waals surface area contributed by atoms with Crippen LogP contribution in [0.5, 0.6) is 0 Å². The molecule has 0 saturated carbocycles. The Morgan fingerprint density at radius 3 is 2.66 bits per heavy atom. The number of fused-ring (bicyclic) bond motifs is 1. The number of nitrogens with zero attached hydrogens (tertiary/aromatic N) is 5. The highest BCUT2D eigenvalue weighted by Gasteiger charge is 2.22. The third-order valence-electron chi connectivity index (χ3n) is 4.30. The Balaban J connectivity index is 1.49. The van der Waals surface area contributed by atoms with Gasteiger partial charge < -0.3 is 13.6 Å². The summed E-state index contributed by atoms with van der Waals surface area (Å²) in [5.74, 6) is -0.344. The van der Waals surface area contributed by atoms with Gasteiger partial charge in [-0.1, -0.05) is 6.07 Å². The van der Waals surface area contributed by atoms with Crippen molar-refractivity contribution in [1.82, 2.24) is 19.6 Å². The lowest BCUT2D eigenvalue weighted by atomic mass is 10.2. The van der Waals surface area contributed by atoms with Gasteiger partial charge in [0.1, 0.15) is 5.65 Å². The Labute approximate surface area is 163 Å². The van der Waals surface area contributed by atoms with Crippen LogP contribution in [0.15, 0.2) is 53.1 Å². The minimum Gasteiger partial charge on any atom is -0.448 e. The highest BCUT2D eigenvalue weighted by Crippen LogP contribution is 2.25. The molecule has 29 heavy (non-hydrogen) atoms. The SMILES string of the molecule is Cc1cccc2nc(C(=O)O[C@@H](C)c3nnc(-c4ccc([N+](=O)[O-])cc4)o3)cn12. The topological polar surface area (TPSA) is 126 Å². The molecular weight excluding hydrogens is 378 g/mol. The van der Waals surface area contributed by atoms with Crippen LogP contribution < -0.4 is 0 Å². The average Bonchev–Trinajstić information content (AvgIpc) is 3.36. The van der Waals surface area contributed by atoms with Crippen LogP contribution in [0.4, 0.5) is 5.69 Å². The van der Waals surface area contributed by atoms with Gasteiger partial charge in [0.25, 0.3) is 11.6 Å². The van der Waals surface area contributed by atoms with Crippen molar-refractivity contribution in [2.45, 2.75) is 20.0 Å². The number of pyridine rings is 1. The lowest BCUT2D eigenvalue weighted by molar-refractivity contribution is -0.384. The number of hydrogen-bond donors (Lipinski definition) is 0. The molecule has 10 nitrogen and oxygen atoms in total. The van der Waals surface area contributed by atoms with Crippen LogP contribution in [0.3, 0.4) is 0 Å². The average molecular weight is 393 g/mol. The third kappa shape index (κ3) is 3.55. The van der Waals surface area contributed by atoms with E-state index in [0.717, 1.165) is 5.69 Å². The van der Waals surface area contributed by atoms with Crippen molar-refractivity contribution in [2.24, 2.45) is 0 Å². The minimum absolute atomic E-state index is 0.0431. The van der Waals surface area contributed by atoms with Crippen molar-refractivity contribution in [3.8, 4) is 11.5 Å². The van der Waals surface area contributed by atoms with E-state index in [2.05, 4.69) is 15.2 Å². The summed E-state index contributed by atoms with van der Waals surface area (Å²) in [7, 11) is 0. The summed E-state index contributed by atoms with van der Waals surface area (Å²) in [5, 5.41) is 18.5. The van der Waals surface area contributed by atoms with Gasteiger partial charge in [-0.2, -0.15) is 0 Å². The van der Waals surface area contributed by atoms with Crippen molar-refractivity contribution in [1.29, 1.82) is 0 Å². The molecule has 4 aromatic rings. The number of non-ortho nitro benzene ring substituents is 1. The van der Waals surface area contributed by atoms with E-state index in [1.807, 2.05) is 19.1 Å². The Kier molecular flexibility index (Phi) is 4.51. The number of nitro groups is 1. The summed E-state index contributed by atoms with van der Waals surface area (Å²) in [6.45, 7) is 3.51. The molecular formula is C19H15N5O5. The van der Waals surface area contributed by atoms with Crippen molar-refractivity contribution in [3.05, 3.63) is 76.1 Å². The first-order chi connectivity index (χ1) is 13.9. The summed E-state index contributed by atoms with van der Waals surface area (Å²) < 4.78 is 12.7. The minimum atomic E-state index is -0.798. The van der Waals surface area contributed by atoms with Gasteiger partial charge in [-0.25, -0.2) is 9.78 Å². The number of carbonyl (C=O) groups excluding carboxylic acids is 1. The Hall–Kier alpha value is -4.08. The van der Waals surface area contributed by atoms with Crippen LogP contribution >= 0.6 is 0 Å². The summed E-state index contributed by atoms with van der Waals surface area (Å²) in [6.07, 6.45) is 0.809. The number of aromatic nitrogens is 4. The van der Waals surface area contributed by atoms with Crippen LogP contribution in [0.1, 0.15) is 35.1 Å². The predicted octanol–water partition coefficient (Wildman–Crippen LogP) is 3.52. The molecule has 0 fully saturated rings. The fraction of sp³-hybridized carbons (Fsp3) is 0.158. The Morgan fingerprint density at radius 1 is 1.21 bits per heavy atom. The van der Waals surface area contributed by atoms with E-state index in [1.165, 1.54) is 24.3 Å². The second-order valence-corrected chi connectivity index (χ2v) is 6.32. The number of rotatable bonds is 5. The van der Waals surface area contributed by atoms with Crippen molar-refractivity contribution >= 4 is 17.3 Å². The molecule has 0 aliphatic heterocycles. The number of ether oxygens (including phenoxy) is 1. The first-order valence-corrected chi connectivity index (χ1v) is 8.66. The summed E-state index contributed by atoms with van der Waals surface area (Å²) >= 11 is 0. The summed E-state index contributed by atoms with van der Waals surface area (Å²) in [6, 6.07) is 11.2. The van der Waals surface area contributed by atoms with Crippen molar-refractivity contribution in [2.75, 3.05) is 0 Å². The standard InChI is InChI=1S/C19H15N5O5/c1-11-4-3-5-16-20-15(10-23(11)16)19(25)28-12(2)17-21-22-18(29-17)13-6-8-14(9-7-13)24(26)27/h3-10,12H,1-2H3/t12-/m0/s1. The van der Waals surface area contributed by atoms with E-state index in [9.17, 15) is 14.9 Å². The van der Waals surface area contributed by atoms with Crippen LogP contribution in [0.2, 0.25) is 0 Å². The smallest absolute Gasteiger partial charge is 0.359 e. The zero-order valence-corrected chi connectivity index (χ0v) is 15.5. The first kappa shape index (κ1) is 18.3.